The summed E-state index contributed by atoms with van der Waals surface area (Å²) >= 11 is 7.25. The molecule has 0 aliphatic carbocycles. The van der Waals surface area contributed by atoms with Crippen molar-refractivity contribution >= 4 is 39.8 Å². The Kier molecular flexibility index (Phi) is 2.94. The van der Waals surface area contributed by atoms with Gasteiger partial charge in [0.15, 0.2) is 5.17 Å². The average molecular weight is 202 g/mol. The molecule has 64 valence electrons. The molecule has 0 amide bonds. The van der Waals surface area contributed by atoms with Crippen molar-refractivity contribution < 1.29 is 0 Å². The predicted octanol–water partition coefficient (Wildman–Crippen LogP) is 2.40. The molecule has 0 fully saturated rings. The number of halogens is 1. The number of aryl methyl sites for hydroxylation is 1. The lowest BCUT2D eigenvalue weighted by molar-refractivity contribution is 1.26. The Bertz CT molecular complexity index is 329. The number of nitrogens with zero attached hydrogens (tertiary/aromatic N) is 3. The first kappa shape index (κ1) is 9.35. The molecule has 1 aromatic heterocycles. The highest BCUT2D eigenvalue weighted by Crippen LogP contribution is 2.27. The van der Waals surface area contributed by atoms with E-state index < -0.39 is 0 Å². The van der Waals surface area contributed by atoms with Crippen LogP contribution in [0, 0.1) is 6.92 Å². The second kappa shape index (κ2) is 3.78. The molecule has 0 N–H and O–H groups in total. The summed E-state index contributed by atoms with van der Waals surface area (Å²) in [7, 11) is 1.61. The van der Waals surface area contributed by atoms with Crippen molar-refractivity contribution in [3.05, 3.63) is 10.7 Å². The molecule has 0 saturated heterocycles. The minimum Gasteiger partial charge on any atom is -0.275 e. The van der Waals surface area contributed by atoms with Gasteiger partial charge in [0.05, 0.1) is 5.01 Å². The normalized spacial score (nSPS) is 11.8. The van der Waals surface area contributed by atoms with Gasteiger partial charge in [-0.15, -0.1) is 0 Å². The molecule has 1 aromatic rings. The van der Waals surface area contributed by atoms with Crippen molar-refractivity contribution in [2.45, 2.75) is 6.92 Å². The summed E-state index contributed by atoms with van der Waals surface area (Å²) in [5.41, 5.74) is 0.622. The van der Waals surface area contributed by atoms with Crippen molar-refractivity contribution in [2.24, 2.45) is 9.98 Å². The quantitative estimate of drug-likeness (QED) is 0.677. The predicted molar refractivity (Wildman–Crippen MR) is 54.4 cm³/mol. The van der Waals surface area contributed by atoms with Crippen LogP contribution in [0.5, 0.6) is 0 Å². The third-order valence-electron chi connectivity index (χ3n) is 1.25. The zero-order chi connectivity index (χ0) is 9.14. The second-order valence-corrected chi connectivity index (χ2v) is 3.60. The fourth-order valence-electron chi connectivity index (χ4n) is 0.764. The summed E-state index contributed by atoms with van der Waals surface area (Å²) in [5, 5.41) is 2.01. The van der Waals surface area contributed by atoms with Gasteiger partial charge in [-0.2, -0.15) is 0 Å². The number of aliphatic imine (C=N–C) groups is 2. The first-order valence-corrected chi connectivity index (χ1v) is 4.45. The van der Waals surface area contributed by atoms with E-state index in [9.17, 15) is 0 Å². The number of hydrogen-bond donors (Lipinski definition) is 0. The summed E-state index contributed by atoms with van der Waals surface area (Å²) in [4.78, 5) is 11.8. The molecule has 5 heteroatoms. The highest BCUT2D eigenvalue weighted by atomic mass is 35.5. The van der Waals surface area contributed by atoms with E-state index in [1.807, 2.05) is 6.92 Å². The summed E-state index contributed by atoms with van der Waals surface area (Å²) in [5.74, 6) is 0. The smallest absolute Gasteiger partial charge is 0.152 e. The monoisotopic (exact) mass is 201 g/mol. The average Bonchev–Trinajstić information content (AvgIpc) is 2.45. The number of hydrogen-bond acceptors (Lipinski definition) is 4. The molecule has 12 heavy (non-hydrogen) atoms. The molecule has 0 bridgehead atoms. The molecule has 1 heterocycles. The van der Waals surface area contributed by atoms with Crippen LogP contribution in [-0.2, 0) is 0 Å². The molecule has 1 rings (SSSR count). The molecule has 0 saturated carbocycles. The zero-order valence-corrected chi connectivity index (χ0v) is 8.41. The minimum absolute atomic E-state index is 0.377. The van der Waals surface area contributed by atoms with E-state index in [4.69, 9.17) is 11.6 Å². The van der Waals surface area contributed by atoms with Gasteiger partial charge < -0.3 is 0 Å². The van der Waals surface area contributed by atoms with E-state index in [1.54, 1.807) is 7.05 Å². The topological polar surface area (TPSA) is 37.6 Å². The molecule has 0 radical (unpaired) electrons. The fourth-order valence-corrected chi connectivity index (χ4v) is 1.67. The third-order valence-corrected chi connectivity index (χ3v) is 2.50. The molecule has 0 spiro atoms. The third kappa shape index (κ3) is 1.70. The Morgan fingerprint density at radius 1 is 1.67 bits per heavy atom. The molecular formula is C7H8ClN3S. The van der Waals surface area contributed by atoms with Crippen LogP contribution < -0.4 is 0 Å². The molecule has 3 nitrogen and oxygen atoms in total. The summed E-state index contributed by atoms with van der Waals surface area (Å²) < 4.78 is 0. The SMILES string of the molecule is C=Nc1sc(C)nc1C(Cl)=NC. The maximum absolute atomic E-state index is 5.79. The van der Waals surface area contributed by atoms with Gasteiger partial charge in [-0.05, 0) is 13.6 Å². The molecule has 0 aliphatic rings. The Balaban J connectivity index is 3.22. The highest BCUT2D eigenvalue weighted by Gasteiger charge is 2.10. The van der Waals surface area contributed by atoms with Crippen LogP contribution in [0.3, 0.4) is 0 Å². The van der Waals surface area contributed by atoms with E-state index in [0.29, 0.717) is 10.9 Å². The first-order chi connectivity index (χ1) is 5.69. The van der Waals surface area contributed by atoms with Crippen LogP contribution in [0.4, 0.5) is 5.00 Å². The van der Waals surface area contributed by atoms with Gasteiger partial charge >= 0.3 is 0 Å². The van der Waals surface area contributed by atoms with Gasteiger partial charge in [0.1, 0.15) is 10.7 Å². The highest BCUT2D eigenvalue weighted by molar-refractivity contribution is 7.16. The standard InChI is InChI=1S/C7H8ClN3S/c1-4-11-5(6(8)9-2)7(10-3)12-4/h3H2,1-2H3. The van der Waals surface area contributed by atoms with Gasteiger partial charge in [0.25, 0.3) is 0 Å². The number of aromatic nitrogens is 1. The summed E-state index contributed by atoms with van der Waals surface area (Å²) in [6, 6.07) is 0. The van der Waals surface area contributed by atoms with Gasteiger partial charge in [-0.1, -0.05) is 22.9 Å². The van der Waals surface area contributed by atoms with Crippen LogP contribution in [0.1, 0.15) is 10.7 Å². The Hall–Kier alpha value is -0.740. The Morgan fingerprint density at radius 3 is 2.83 bits per heavy atom. The molecule has 0 aliphatic heterocycles. The lowest BCUT2D eigenvalue weighted by atomic mass is 10.5. The Morgan fingerprint density at radius 2 is 2.33 bits per heavy atom. The van der Waals surface area contributed by atoms with Crippen LogP contribution in [0.25, 0.3) is 0 Å². The molecule has 0 unspecified atom stereocenters. The van der Waals surface area contributed by atoms with Crippen molar-refractivity contribution in [1.29, 1.82) is 0 Å². The maximum atomic E-state index is 5.79. The first-order valence-electron chi connectivity index (χ1n) is 3.26. The minimum atomic E-state index is 0.377. The molecule has 0 aromatic carbocycles. The largest absolute Gasteiger partial charge is 0.275 e. The lowest BCUT2D eigenvalue weighted by Gasteiger charge is -1.90. The van der Waals surface area contributed by atoms with Crippen LogP contribution >= 0.6 is 22.9 Å². The molecular weight excluding hydrogens is 194 g/mol. The summed E-state index contributed by atoms with van der Waals surface area (Å²) in [6.07, 6.45) is 0. The van der Waals surface area contributed by atoms with Gasteiger partial charge in [0, 0.05) is 7.05 Å². The van der Waals surface area contributed by atoms with Crippen LogP contribution in [0.15, 0.2) is 9.98 Å². The Labute approximate surface area is 79.8 Å². The van der Waals surface area contributed by atoms with Gasteiger partial charge in [0.2, 0.25) is 0 Å². The number of rotatable bonds is 2. The van der Waals surface area contributed by atoms with E-state index in [0.717, 1.165) is 10.0 Å². The van der Waals surface area contributed by atoms with Gasteiger partial charge in [-0.3, -0.25) is 9.98 Å². The fraction of sp³-hybridized carbons (Fsp3) is 0.286. The van der Waals surface area contributed by atoms with Crippen molar-refractivity contribution in [2.75, 3.05) is 7.05 Å². The van der Waals surface area contributed by atoms with Crippen LogP contribution in [0.2, 0.25) is 0 Å². The lowest BCUT2D eigenvalue weighted by Crippen LogP contribution is -1.91. The van der Waals surface area contributed by atoms with Crippen LogP contribution in [-0.4, -0.2) is 23.9 Å². The van der Waals surface area contributed by atoms with E-state index in [2.05, 4.69) is 21.7 Å². The number of thiazole rings is 1. The van der Waals surface area contributed by atoms with Crippen molar-refractivity contribution in [1.82, 2.24) is 4.98 Å². The van der Waals surface area contributed by atoms with Crippen molar-refractivity contribution in [3.8, 4) is 0 Å². The zero-order valence-electron chi connectivity index (χ0n) is 6.83. The van der Waals surface area contributed by atoms with Crippen molar-refractivity contribution in [3.63, 3.8) is 0 Å². The summed E-state index contributed by atoms with van der Waals surface area (Å²) in [6.45, 7) is 5.32. The maximum Gasteiger partial charge on any atom is 0.152 e. The second-order valence-electron chi connectivity index (χ2n) is 2.06. The van der Waals surface area contributed by atoms with E-state index >= 15 is 0 Å². The molecule has 0 atom stereocenters. The van der Waals surface area contributed by atoms with Gasteiger partial charge in [-0.25, -0.2) is 4.98 Å². The van der Waals surface area contributed by atoms with E-state index in [-0.39, 0.29) is 0 Å². The van der Waals surface area contributed by atoms with E-state index in [1.165, 1.54) is 11.3 Å².